The number of para-hydroxylation sites is 2. The summed E-state index contributed by atoms with van der Waals surface area (Å²) in [4.78, 5) is 28.3. The minimum Gasteiger partial charge on any atom is -0.322 e. The van der Waals surface area contributed by atoms with Gasteiger partial charge in [-0.1, -0.05) is 23.7 Å². The van der Waals surface area contributed by atoms with Crippen molar-refractivity contribution in [1.29, 1.82) is 0 Å². The summed E-state index contributed by atoms with van der Waals surface area (Å²) >= 11 is 5.89. The molecule has 0 radical (unpaired) electrons. The van der Waals surface area contributed by atoms with E-state index in [9.17, 15) is 9.59 Å². The van der Waals surface area contributed by atoms with Crippen LogP contribution < -0.4 is 10.2 Å². The largest absolute Gasteiger partial charge is 0.322 e. The first-order chi connectivity index (χ1) is 13.4. The standard InChI is InChI=1S/C19H17ClN6O2/c1-19(2)18(28)21-14-5-3-4-6-15(14)26(19)16(27)11-25-23-17(22-24-25)12-7-9-13(20)10-8-12/h3-10H,11H2,1-2H3,(H,21,28). The van der Waals surface area contributed by atoms with E-state index in [0.29, 0.717) is 22.2 Å². The molecule has 0 saturated heterocycles. The molecule has 0 unspecified atom stereocenters. The van der Waals surface area contributed by atoms with Crippen LogP contribution in [0.25, 0.3) is 11.4 Å². The Balaban J connectivity index is 1.61. The molecule has 2 aromatic carbocycles. The van der Waals surface area contributed by atoms with Crippen LogP contribution in [-0.4, -0.2) is 37.6 Å². The number of nitrogens with one attached hydrogen (secondary N) is 1. The molecule has 142 valence electrons. The fraction of sp³-hybridized carbons (Fsp3) is 0.211. The predicted octanol–water partition coefficient (Wildman–Crippen LogP) is 2.76. The van der Waals surface area contributed by atoms with Gasteiger partial charge in [-0.05, 0) is 55.5 Å². The van der Waals surface area contributed by atoms with Crippen LogP contribution in [0.1, 0.15) is 13.8 Å². The van der Waals surface area contributed by atoms with Crippen molar-refractivity contribution in [1.82, 2.24) is 20.2 Å². The molecule has 2 amide bonds. The number of rotatable bonds is 3. The van der Waals surface area contributed by atoms with Crippen LogP contribution >= 0.6 is 11.6 Å². The Morgan fingerprint density at radius 1 is 1.14 bits per heavy atom. The summed E-state index contributed by atoms with van der Waals surface area (Å²) in [6.07, 6.45) is 0. The molecule has 1 N–H and O–H groups in total. The quantitative estimate of drug-likeness (QED) is 0.734. The minimum atomic E-state index is -1.05. The number of benzene rings is 2. The molecule has 28 heavy (non-hydrogen) atoms. The Morgan fingerprint density at radius 3 is 2.61 bits per heavy atom. The fourth-order valence-electron chi connectivity index (χ4n) is 3.11. The maximum absolute atomic E-state index is 13.1. The van der Waals surface area contributed by atoms with Gasteiger partial charge in [0.05, 0.1) is 11.4 Å². The second-order valence-corrected chi connectivity index (χ2v) is 7.35. The van der Waals surface area contributed by atoms with Gasteiger partial charge in [0.15, 0.2) is 0 Å². The Kier molecular flexibility index (Phi) is 4.35. The normalized spacial score (nSPS) is 15.1. The lowest BCUT2D eigenvalue weighted by Crippen LogP contribution is -2.59. The van der Waals surface area contributed by atoms with Gasteiger partial charge >= 0.3 is 0 Å². The van der Waals surface area contributed by atoms with E-state index < -0.39 is 5.54 Å². The zero-order chi connectivity index (χ0) is 19.9. The smallest absolute Gasteiger partial charge is 0.251 e. The van der Waals surface area contributed by atoms with Crippen LogP contribution in [-0.2, 0) is 16.1 Å². The van der Waals surface area contributed by atoms with E-state index in [1.165, 1.54) is 9.70 Å². The zero-order valence-electron chi connectivity index (χ0n) is 15.3. The Morgan fingerprint density at radius 2 is 1.86 bits per heavy atom. The molecule has 1 aromatic heterocycles. The number of carbonyl (C=O) groups excluding carboxylic acids is 2. The highest BCUT2D eigenvalue weighted by Crippen LogP contribution is 2.36. The van der Waals surface area contributed by atoms with Gasteiger partial charge in [-0.25, -0.2) is 0 Å². The van der Waals surface area contributed by atoms with Crippen molar-refractivity contribution in [2.24, 2.45) is 0 Å². The Bertz CT molecular complexity index is 1060. The molecule has 0 aliphatic carbocycles. The Hall–Kier alpha value is -3.26. The number of amides is 2. The SMILES string of the molecule is CC1(C)C(=O)Nc2ccccc2N1C(=O)Cn1nnc(-c2ccc(Cl)cc2)n1. The van der Waals surface area contributed by atoms with Crippen molar-refractivity contribution in [3.8, 4) is 11.4 Å². The highest BCUT2D eigenvalue weighted by molar-refractivity contribution is 6.30. The summed E-state index contributed by atoms with van der Waals surface area (Å²) in [5, 5.41) is 15.7. The van der Waals surface area contributed by atoms with Crippen molar-refractivity contribution in [2.75, 3.05) is 10.2 Å². The molecule has 1 aliphatic heterocycles. The third-order valence-corrected chi connectivity index (χ3v) is 4.84. The Labute approximate surface area is 166 Å². The number of hydrogen-bond donors (Lipinski definition) is 1. The molecule has 1 aliphatic rings. The van der Waals surface area contributed by atoms with E-state index in [2.05, 4.69) is 20.7 Å². The van der Waals surface area contributed by atoms with Gasteiger partial charge in [-0.2, -0.15) is 4.80 Å². The van der Waals surface area contributed by atoms with Crippen molar-refractivity contribution in [3.05, 3.63) is 53.6 Å². The first-order valence-electron chi connectivity index (χ1n) is 8.63. The minimum absolute atomic E-state index is 0.147. The molecule has 3 aromatic rings. The average Bonchev–Trinajstić information content (AvgIpc) is 3.11. The van der Waals surface area contributed by atoms with Gasteiger partial charge < -0.3 is 5.32 Å². The fourth-order valence-corrected chi connectivity index (χ4v) is 3.24. The molecule has 8 nitrogen and oxygen atoms in total. The van der Waals surface area contributed by atoms with Crippen LogP contribution in [0.2, 0.25) is 5.02 Å². The molecule has 0 spiro atoms. The predicted molar refractivity (Wildman–Crippen MR) is 105 cm³/mol. The van der Waals surface area contributed by atoms with Crippen LogP contribution in [0.3, 0.4) is 0 Å². The first-order valence-corrected chi connectivity index (χ1v) is 9.01. The molecular formula is C19H17ClN6O2. The van der Waals surface area contributed by atoms with Gasteiger partial charge in [0, 0.05) is 10.6 Å². The van der Waals surface area contributed by atoms with E-state index >= 15 is 0 Å². The maximum Gasteiger partial charge on any atom is 0.251 e. The van der Waals surface area contributed by atoms with Gasteiger partial charge in [0.1, 0.15) is 12.1 Å². The number of fused-ring (bicyclic) bond motifs is 1. The molecular weight excluding hydrogens is 380 g/mol. The van der Waals surface area contributed by atoms with Crippen molar-refractivity contribution in [3.63, 3.8) is 0 Å². The number of carbonyl (C=O) groups is 2. The lowest BCUT2D eigenvalue weighted by Gasteiger charge is -2.41. The number of aromatic nitrogens is 4. The highest BCUT2D eigenvalue weighted by Gasteiger charge is 2.43. The van der Waals surface area contributed by atoms with Gasteiger partial charge in [-0.15, -0.1) is 10.2 Å². The van der Waals surface area contributed by atoms with Crippen LogP contribution in [0, 0.1) is 0 Å². The molecule has 0 atom stereocenters. The van der Waals surface area contributed by atoms with Crippen molar-refractivity contribution in [2.45, 2.75) is 25.9 Å². The molecule has 9 heteroatoms. The van der Waals surface area contributed by atoms with Crippen LogP contribution in [0.4, 0.5) is 11.4 Å². The zero-order valence-corrected chi connectivity index (χ0v) is 16.0. The topological polar surface area (TPSA) is 93.0 Å². The summed E-state index contributed by atoms with van der Waals surface area (Å²) in [6, 6.07) is 14.2. The van der Waals surface area contributed by atoms with Crippen LogP contribution in [0.15, 0.2) is 48.5 Å². The van der Waals surface area contributed by atoms with Crippen molar-refractivity contribution >= 4 is 34.8 Å². The summed E-state index contributed by atoms with van der Waals surface area (Å²) in [5.74, 6) is -0.180. The average molecular weight is 397 g/mol. The number of tetrazole rings is 1. The van der Waals surface area contributed by atoms with Crippen LogP contribution in [0.5, 0.6) is 0 Å². The van der Waals surface area contributed by atoms with E-state index in [1.54, 1.807) is 56.3 Å². The third kappa shape index (κ3) is 3.11. The summed E-state index contributed by atoms with van der Waals surface area (Å²) in [7, 11) is 0. The van der Waals surface area contributed by atoms with E-state index in [4.69, 9.17) is 11.6 Å². The lowest BCUT2D eigenvalue weighted by atomic mass is 9.96. The lowest BCUT2D eigenvalue weighted by molar-refractivity contribution is -0.127. The molecule has 0 saturated carbocycles. The number of halogens is 1. The third-order valence-electron chi connectivity index (χ3n) is 4.59. The highest BCUT2D eigenvalue weighted by atomic mass is 35.5. The maximum atomic E-state index is 13.1. The number of anilines is 2. The van der Waals surface area contributed by atoms with Crippen molar-refractivity contribution < 1.29 is 9.59 Å². The molecule has 2 heterocycles. The summed E-state index contributed by atoms with van der Waals surface area (Å²) in [5.41, 5.74) is 0.917. The summed E-state index contributed by atoms with van der Waals surface area (Å²) < 4.78 is 0. The number of nitrogens with zero attached hydrogens (tertiary/aromatic N) is 5. The monoisotopic (exact) mass is 396 g/mol. The number of hydrogen-bond acceptors (Lipinski definition) is 5. The van der Waals surface area contributed by atoms with Gasteiger partial charge in [0.25, 0.3) is 5.91 Å². The molecule has 4 rings (SSSR count). The first kappa shape index (κ1) is 18.1. The second-order valence-electron chi connectivity index (χ2n) is 6.91. The molecule has 0 bridgehead atoms. The van der Waals surface area contributed by atoms with E-state index in [1.807, 2.05) is 6.07 Å². The van der Waals surface area contributed by atoms with Gasteiger partial charge in [0.2, 0.25) is 11.7 Å². The van der Waals surface area contributed by atoms with E-state index in [-0.39, 0.29) is 18.4 Å². The van der Waals surface area contributed by atoms with E-state index in [0.717, 1.165) is 5.56 Å². The summed E-state index contributed by atoms with van der Waals surface area (Å²) in [6.45, 7) is 3.25. The molecule has 0 fully saturated rings. The van der Waals surface area contributed by atoms with Gasteiger partial charge in [-0.3, -0.25) is 14.5 Å². The second kappa shape index (κ2) is 6.72.